The van der Waals surface area contributed by atoms with Crippen molar-refractivity contribution in [2.75, 3.05) is 0 Å². The van der Waals surface area contributed by atoms with Gasteiger partial charge in [0.1, 0.15) is 11.6 Å². The van der Waals surface area contributed by atoms with Gasteiger partial charge in [-0.05, 0) is 66.3 Å². The minimum absolute atomic E-state index is 0. The summed E-state index contributed by atoms with van der Waals surface area (Å²) in [4.78, 5) is 17.7. The third-order valence-corrected chi connectivity index (χ3v) is 7.75. The number of carboxylic acid groups (broad SMARTS) is 1. The first-order valence-corrected chi connectivity index (χ1v) is 12.6. The first-order chi connectivity index (χ1) is 19.0. The van der Waals surface area contributed by atoms with Crippen LogP contribution in [0.1, 0.15) is 35.1 Å². The highest BCUT2D eigenvalue weighted by Crippen LogP contribution is 2.39. The van der Waals surface area contributed by atoms with Gasteiger partial charge in [0.05, 0.1) is 17.0 Å². The number of hydrogen-bond acceptors (Lipinski definition) is 5. The van der Waals surface area contributed by atoms with Crippen molar-refractivity contribution < 1.29 is 36.4 Å². The molecule has 2 aliphatic rings. The summed E-state index contributed by atoms with van der Waals surface area (Å²) in [5.41, 5.74) is 1.32. The highest BCUT2D eigenvalue weighted by atomic mass is 35.5. The van der Waals surface area contributed by atoms with E-state index < -0.39 is 29.3 Å². The highest BCUT2D eigenvalue weighted by Gasteiger charge is 2.40. The highest BCUT2D eigenvalue weighted by molar-refractivity contribution is 5.85. The Bertz CT molecular complexity index is 1650. The molecule has 0 amide bonds. The predicted molar refractivity (Wildman–Crippen MR) is 141 cm³/mol. The van der Waals surface area contributed by atoms with Crippen molar-refractivity contribution in [3.63, 3.8) is 0 Å². The van der Waals surface area contributed by atoms with E-state index in [1.807, 2.05) is 18.2 Å². The number of carbonyl (C=O) groups is 1. The summed E-state index contributed by atoms with van der Waals surface area (Å²) in [5.74, 6) is -3.26. The van der Waals surface area contributed by atoms with Gasteiger partial charge in [-0.1, -0.05) is 29.4 Å². The molecule has 1 aliphatic heterocycles. The second-order valence-electron chi connectivity index (χ2n) is 10.3. The molecule has 6 rings (SSSR count). The van der Waals surface area contributed by atoms with E-state index in [0.717, 1.165) is 29.8 Å². The van der Waals surface area contributed by atoms with Gasteiger partial charge in [0.2, 0.25) is 5.82 Å². The number of rotatable bonds is 5. The third kappa shape index (κ3) is 5.19. The third-order valence-electron chi connectivity index (χ3n) is 7.75. The van der Waals surface area contributed by atoms with Crippen LogP contribution in [0.15, 0.2) is 53.1 Å². The van der Waals surface area contributed by atoms with Crippen molar-refractivity contribution in [3.05, 3.63) is 82.4 Å². The van der Waals surface area contributed by atoms with Gasteiger partial charge in [0, 0.05) is 30.3 Å². The van der Waals surface area contributed by atoms with E-state index in [9.17, 15) is 22.4 Å². The Morgan fingerprint density at radius 3 is 2.44 bits per heavy atom. The molecule has 1 N–H and O–H groups in total. The number of benzene rings is 3. The zero-order valence-electron chi connectivity index (χ0n) is 21.5. The van der Waals surface area contributed by atoms with Crippen molar-refractivity contribution in [2.45, 2.75) is 45.1 Å². The molecule has 4 aromatic rings. The van der Waals surface area contributed by atoms with Gasteiger partial charge in [-0.2, -0.15) is 18.2 Å². The minimum Gasteiger partial charge on any atom is -0.481 e. The van der Waals surface area contributed by atoms with E-state index in [2.05, 4.69) is 15.0 Å². The lowest BCUT2D eigenvalue weighted by molar-refractivity contribution is -0.147. The van der Waals surface area contributed by atoms with Gasteiger partial charge in [-0.3, -0.25) is 9.69 Å². The predicted octanol–water partition coefficient (Wildman–Crippen LogP) is 7.28. The molecule has 0 atom stereocenters. The zero-order valence-corrected chi connectivity index (χ0v) is 22.3. The second-order valence-corrected chi connectivity index (χ2v) is 10.3. The number of aliphatic carboxylic acids is 1. The van der Waals surface area contributed by atoms with Crippen molar-refractivity contribution in [1.82, 2.24) is 15.0 Å². The van der Waals surface area contributed by atoms with Crippen molar-refractivity contribution in [1.29, 1.82) is 0 Å². The molecule has 12 heteroatoms. The Morgan fingerprint density at radius 1 is 1.00 bits per heavy atom. The Morgan fingerprint density at radius 2 is 1.73 bits per heavy atom. The van der Waals surface area contributed by atoms with Crippen LogP contribution in [-0.4, -0.2) is 32.2 Å². The Labute approximate surface area is 237 Å². The molecule has 0 unspecified atom stereocenters. The summed E-state index contributed by atoms with van der Waals surface area (Å²) in [6.45, 7) is 2.93. The number of fused-ring (bicyclic) bond motifs is 1. The fourth-order valence-corrected chi connectivity index (χ4v) is 5.45. The molecule has 1 aliphatic carbocycles. The molecule has 0 saturated heterocycles. The molecular weight excluding hydrogens is 569 g/mol. The quantitative estimate of drug-likeness (QED) is 0.246. The maximum absolute atomic E-state index is 15.2. The molecule has 41 heavy (non-hydrogen) atoms. The van der Waals surface area contributed by atoms with Crippen LogP contribution in [0.3, 0.4) is 0 Å². The van der Waals surface area contributed by atoms with Crippen LogP contribution in [0, 0.1) is 24.5 Å². The van der Waals surface area contributed by atoms with Crippen molar-refractivity contribution >= 4 is 18.4 Å². The number of aromatic nitrogens is 2. The average Bonchev–Trinajstić information content (AvgIpc) is 3.50. The minimum atomic E-state index is -4.89. The summed E-state index contributed by atoms with van der Waals surface area (Å²) in [6.07, 6.45) is -3.62. The largest absolute Gasteiger partial charge is 0.481 e. The number of halogens is 6. The molecule has 0 bridgehead atoms. The van der Waals surface area contributed by atoms with Gasteiger partial charge in [-0.15, -0.1) is 12.4 Å². The molecular formula is C29H23ClF5N3O3. The lowest BCUT2D eigenvalue weighted by Gasteiger charge is -2.39. The van der Waals surface area contributed by atoms with Gasteiger partial charge in [0.15, 0.2) is 0 Å². The summed E-state index contributed by atoms with van der Waals surface area (Å²) in [5, 5.41) is 13.1. The molecule has 1 saturated carbocycles. The van der Waals surface area contributed by atoms with Gasteiger partial charge < -0.3 is 9.63 Å². The van der Waals surface area contributed by atoms with Crippen LogP contribution in [-0.2, 0) is 24.1 Å². The standard InChI is InChI=1S/C29H22F5N3O3.ClH/c1-14-7-22(24(30)11-21(14)20-3-2-4-23(25(20)31)29(32,33)34)27-35-26(36-40-27)15-5-6-16-12-37(13-18(16)8-15)19-9-17(10-19)28(38)39;/h2-8,11,17,19H,9-10,12-13H2,1H3,(H,38,39);1H. The topological polar surface area (TPSA) is 79.5 Å². The maximum Gasteiger partial charge on any atom is 0.419 e. The molecule has 3 aromatic carbocycles. The molecule has 6 nitrogen and oxygen atoms in total. The first-order valence-electron chi connectivity index (χ1n) is 12.6. The number of aryl methyl sites for hydroxylation is 1. The van der Waals surface area contributed by atoms with Crippen LogP contribution < -0.4 is 0 Å². The Hall–Kier alpha value is -3.83. The van der Waals surface area contributed by atoms with Crippen LogP contribution in [0.4, 0.5) is 22.0 Å². The smallest absolute Gasteiger partial charge is 0.419 e. The number of carboxylic acids is 1. The van der Waals surface area contributed by atoms with E-state index in [1.165, 1.54) is 19.1 Å². The van der Waals surface area contributed by atoms with Crippen LogP contribution in [0.2, 0.25) is 0 Å². The van der Waals surface area contributed by atoms with E-state index in [4.69, 9.17) is 9.63 Å². The molecule has 0 spiro atoms. The van der Waals surface area contributed by atoms with Crippen LogP contribution in [0.25, 0.3) is 34.0 Å². The number of hydrogen-bond donors (Lipinski definition) is 1. The SMILES string of the molecule is Cc1cc(-c2nc(-c3ccc4c(c3)CN(C3CC(C(=O)O)C3)C4)no2)c(F)cc1-c1cccc(C(F)(F)F)c1F.Cl. The van der Waals surface area contributed by atoms with Gasteiger partial charge in [0.25, 0.3) is 5.89 Å². The fourth-order valence-electron chi connectivity index (χ4n) is 5.45. The van der Waals surface area contributed by atoms with E-state index in [1.54, 1.807) is 0 Å². The van der Waals surface area contributed by atoms with Crippen LogP contribution in [0.5, 0.6) is 0 Å². The summed E-state index contributed by atoms with van der Waals surface area (Å²) in [6, 6.07) is 11.1. The monoisotopic (exact) mass is 591 g/mol. The zero-order chi connectivity index (χ0) is 28.3. The second kappa shape index (κ2) is 10.5. The first kappa shape index (κ1) is 28.7. The summed E-state index contributed by atoms with van der Waals surface area (Å²) >= 11 is 0. The Kier molecular flexibility index (Phi) is 7.37. The van der Waals surface area contributed by atoms with Gasteiger partial charge >= 0.3 is 12.1 Å². The van der Waals surface area contributed by atoms with Crippen molar-refractivity contribution in [3.8, 4) is 34.0 Å². The molecule has 0 radical (unpaired) electrons. The summed E-state index contributed by atoms with van der Waals surface area (Å²) < 4.78 is 74.7. The lowest BCUT2D eigenvalue weighted by Crippen LogP contribution is -2.44. The van der Waals surface area contributed by atoms with E-state index in [0.29, 0.717) is 36.6 Å². The molecule has 1 aromatic heterocycles. The number of alkyl halides is 3. The lowest BCUT2D eigenvalue weighted by atomic mass is 9.79. The average molecular weight is 592 g/mol. The summed E-state index contributed by atoms with van der Waals surface area (Å²) in [7, 11) is 0. The van der Waals surface area contributed by atoms with Gasteiger partial charge in [-0.25, -0.2) is 8.78 Å². The van der Waals surface area contributed by atoms with Crippen molar-refractivity contribution in [2.24, 2.45) is 5.92 Å². The Balaban J connectivity index is 0.00000337. The molecule has 1 fully saturated rings. The van der Waals surface area contributed by atoms with Crippen LogP contribution >= 0.6 is 12.4 Å². The maximum atomic E-state index is 15.2. The fraction of sp³-hybridized carbons (Fsp3) is 0.276. The number of nitrogens with zero attached hydrogens (tertiary/aromatic N) is 3. The molecule has 2 heterocycles. The molecule has 214 valence electrons. The van der Waals surface area contributed by atoms with E-state index in [-0.39, 0.29) is 52.8 Å². The normalized spacial score (nSPS) is 18.5. The van der Waals surface area contributed by atoms with E-state index >= 15 is 4.39 Å².